The van der Waals surface area contributed by atoms with E-state index in [2.05, 4.69) is 17.1 Å². The molecule has 3 nitrogen and oxygen atoms in total. The van der Waals surface area contributed by atoms with Crippen molar-refractivity contribution in [1.29, 1.82) is 0 Å². The van der Waals surface area contributed by atoms with Gasteiger partial charge in [-0.2, -0.15) is 0 Å². The molecule has 0 aromatic carbocycles. The van der Waals surface area contributed by atoms with E-state index in [4.69, 9.17) is 0 Å². The molecule has 0 spiro atoms. The second-order valence-electron chi connectivity index (χ2n) is 5.68. The molecule has 1 heterocycles. The Kier molecular flexibility index (Phi) is 4.43. The zero-order valence-corrected chi connectivity index (χ0v) is 11.2. The van der Waals surface area contributed by atoms with Crippen LogP contribution in [0.5, 0.6) is 0 Å². The Hall–Kier alpha value is -0.570. The lowest BCUT2D eigenvalue weighted by Crippen LogP contribution is -2.38. The number of amides is 1. The average Bonchev–Trinajstić information content (AvgIpc) is 2.87. The smallest absolute Gasteiger partial charge is 0.225 e. The van der Waals surface area contributed by atoms with Crippen molar-refractivity contribution in [2.75, 3.05) is 20.1 Å². The number of nitrogens with one attached hydrogen (secondary N) is 1. The Morgan fingerprint density at radius 1 is 1.24 bits per heavy atom. The summed E-state index contributed by atoms with van der Waals surface area (Å²) in [5.74, 6) is 1.63. The van der Waals surface area contributed by atoms with Crippen LogP contribution < -0.4 is 5.32 Å². The summed E-state index contributed by atoms with van der Waals surface area (Å²) >= 11 is 0. The molecule has 1 saturated carbocycles. The summed E-state index contributed by atoms with van der Waals surface area (Å²) in [5.41, 5.74) is 0. The average molecular weight is 238 g/mol. The number of likely N-dealkylation sites (tertiary alicyclic amines) is 1. The van der Waals surface area contributed by atoms with Crippen LogP contribution in [0.1, 0.15) is 45.4 Å². The minimum absolute atomic E-state index is 0.327. The predicted molar refractivity (Wildman–Crippen MR) is 69.8 cm³/mol. The van der Waals surface area contributed by atoms with Crippen LogP contribution in [0.4, 0.5) is 0 Å². The van der Waals surface area contributed by atoms with Crippen molar-refractivity contribution < 1.29 is 4.79 Å². The second kappa shape index (κ2) is 5.85. The molecule has 98 valence electrons. The molecular formula is C14H26N2O. The molecule has 1 aliphatic heterocycles. The van der Waals surface area contributed by atoms with E-state index in [-0.39, 0.29) is 0 Å². The van der Waals surface area contributed by atoms with E-state index in [1.165, 1.54) is 19.3 Å². The van der Waals surface area contributed by atoms with Gasteiger partial charge in [-0.25, -0.2) is 0 Å². The molecule has 2 aliphatic rings. The monoisotopic (exact) mass is 238 g/mol. The number of carbonyl (C=O) groups excluding carboxylic acids is 1. The first kappa shape index (κ1) is 12.9. The number of carbonyl (C=O) groups is 1. The number of rotatable bonds is 3. The summed E-state index contributed by atoms with van der Waals surface area (Å²) in [6.45, 7) is 4.14. The SMILES string of the molecule is CCC1CCC(C(=O)N2CCC(NC)C2)CC1. The Bertz CT molecular complexity index is 259. The van der Waals surface area contributed by atoms with Gasteiger partial charge < -0.3 is 10.2 Å². The van der Waals surface area contributed by atoms with Gasteiger partial charge >= 0.3 is 0 Å². The Morgan fingerprint density at radius 2 is 1.94 bits per heavy atom. The fourth-order valence-electron chi connectivity index (χ4n) is 3.27. The highest BCUT2D eigenvalue weighted by Crippen LogP contribution is 2.32. The van der Waals surface area contributed by atoms with Crippen LogP contribution >= 0.6 is 0 Å². The highest BCUT2D eigenvalue weighted by atomic mass is 16.2. The zero-order chi connectivity index (χ0) is 12.3. The first-order valence-electron chi connectivity index (χ1n) is 7.20. The zero-order valence-electron chi connectivity index (χ0n) is 11.2. The summed E-state index contributed by atoms with van der Waals surface area (Å²) in [6.07, 6.45) is 7.17. The molecule has 1 aliphatic carbocycles. The standard InChI is InChI=1S/C14H26N2O/c1-3-11-4-6-12(7-5-11)14(17)16-9-8-13(10-16)15-2/h11-13,15H,3-10H2,1-2H3. The van der Waals surface area contributed by atoms with E-state index in [0.717, 1.165) is 38.3 Å². The fraction of sp³-hybridized carbons (Fsp3) is 0.929. The molecule has 1 atom stereocenters. The maximum Gasteiger partial charge on any atom is 0.225 e. The van der Waals surface area contributed by atoms with Gasteiger partial charge in [-0.1, -0.05) is 13.3 Å². The summed E-state index contributed by atoms with van der Waals surface area (Å²) in [5, 5.41) is 3.27. The summed E-state index contributed by atoms with van der Waals surface area (Å²) < 4.78 is 0. The van der Waals surface area contributed by atoms with Crippen molar-refractivity contribution in [3.05, 3.63) is 0 Å². The topological polar surface area (TPSA) is 32.3 Å². The molecular weight excluding hydrogens is 212 g/mol. The molecule has 2 rings (SSSR count). The van der Waals surface area contributed by atoms with E-state index in [1.54, 1.807) is 0 Å². The highest BCUT2D eigenvalue weighted by molar-refractivity contribution is 5.79. The summed E-state index contributed by atoms with van der Waals surface area (Å²) in [6, 6.07) is 0.519. The molecule has 1 N–H and O–H groups in total. The van der Waals surface area contributed by atoms with Crippen LogP contribution in [0.2, 0.25) is 0 Å². The first-order chi connectivity index (χ1) is 8.24. The van der Waals surface area contributed by atoms with Gasteiger partial charge in [-0.05, 0) is 45.1 Å². The van der Waals surface area contributed by atoms with Crippen LogP contribution in [0, 0.1) is 11.8 Å². The molecule has 0 aromatic heterocycles. The van der Waals surface area contributed by atoms with Crippen LogP contribution in [-0.2, 0) is 4.79 Å². The second-order valence-corrected chi connectivity index (χ2v) is 5.68. The maximum atomic E-state index is 12.4. The van der Waals surface area contributed by atoms with E-state index < -0.39 is 0 Å². The van der Waals surface area contributed by atoms with Gasteiger partial charge in [0, 0.05) is 25.0 Å². The van der Waals surface area contributed by atoms with Gasteiger partial charge in [-0.3, -0.25) is 4.79 Å². The van der Waals surface area contributed by atoms with Crippen LogP contribution in [0.3, 0.4) is 0 Å². The lowest BCUT2D eigenvalue weighted by atomic mass is 9.80. The van der Waals surface area contributed by atoms with Gasteiger partial charge in [0.15, 0.2) is 0 Å². The lowest BCUT2D eigenvalue weighted by molar-refractivity contribution is -0.135. The third kappa shape index (κ3) is 3.01. The van der Waals surface area contributed by atoms with Gasteiger partial charge in [0.1, 0.15) is 0 Å². The molecule has 17 heavy (non-hydrogen) atoms. The van der Waals surface area contributed by atoms with Crippen molar-refractivity contribution in [3.8, 4) is 0 Å². The number of nitrogens with zero attached hydrogens (tertiary/aromatic N) is 1. The van der Waals surface area contributed by atoms with E-state index in [0.29, 0.717) is 17.9 Å². The van der Waals surface area contributed by atoms with Crippen LogP contribution in [-0.4, -0.2) is 37.0 Å². The molecule has 1 saturated heterocycles. The Morgan fingerprint density at radius 3 is 2.47 bits per heavy atom. The van der Waals surface area contributed by atoms with Gasteiger partial charge in [0.25, 0.3) is 0 Å². The third-order valence-electron chi connectivity index (χ3n) is 4.68. The maximum absolute atomic E-state index is 12.4. The number of likely N-dealkylation sites (N-methyl/N-ethyl adjacent to an activating group) is 1. The number of hydrogen-bond donors (Lipinski definition) is 1. The van der Waals surface area contributed by atoms with E-state index in [9.17, 15) is 4.79 Å². The normalized spacial score (nSPS) is 34.0. The summed E-state index contributed by atoms with van der Waals surface area (Å²) in [4.78, 5) is 14.4. The molecule has 2 fully saturated rings. The Balaban J connectivity index is 1.81. The van der Waals surface area contributed by atoms with Crippen molar-refractivity contribution in [3.63, 3.8) is 0 Å². The minimum Gasteiger partial charge on any atom is -0.341 e. The van der Waals surface area contributed by atoms with Crippen molar-refractivity contribution in [2.45, 2.75) is 51.5 Å². The van der Waals surface area contributed by atoms with Gasteiger partial charge in [0.05, 0.1) is 0 Å². The van der Waals surface area contributed by atoms with Gasteiger partial charge in [0.2, 0.25) is 5.91 Å². The van der Waals surface area contributed by atoms with Crippen molar-refractivity contribution >= 4 is 5.91 Å². The van der Waals surface area contributed by atoms with Gasteiger partial charge in [-0.15, -0.1) is 0 Å². The molecule has 1 amide bonds. The summed E-state index contributed by atoms with van der Waals surface area (Å²) in [7, 11) is 1.99. The van der Waals surface area contributed by atoms with Crippen LogP contribution in [0.15, 0.2) is 0 Å². The minimum atomic E-state index is 0.327. The van der Waals surface area contributed by atoms with Crippen molar-refractivity contribution in [2.24, 2.45) is 11.8 Å². The molecule has 3 heteroatoms. The van der Waals surface area contributed by atoms with Crippen molar-refractivity contribution in [1.82, 2.24) is 10.2 Å². The first-order valence-corrected chi connectivity index (χ1v) is 7.20. The molecule has 1 unspecified atom stereocenters. The quantitative estimate of drug-likeness (QED) is 0.816. The molecule has 0 bridgehead atoms. The largest absolute Gasteiger partial charge is 0.341 e. The fourth-order valence-corrected chi connectivity index (χ4v) is 3.27. The Labute approximate surface area is 105 Å². The molecule has 0 radical (unpaired) electrons. The predicted octanol–water partition coefficient (Wildman–Crippen LogP) is 2.02. The van der Waals surface area contributed by atoms with E-state index in [1.807, 2.05) is 7.05 Å². The lowest BCUT2D eigenvalue weighted by Gasteiger charge is -2.30. The van der Waals surface area contributed by atoms with Crippen LogP contribution in [0.25, 0.3) is 0 Å². The van der Waals surface area contributed by atoms with E-state index >= 15 is 0 Å². The third-order valence-corrected chi connectivity index (χ3v) is 4.68. The molecule has 0 aromatic rings. The number of hydrogen-bond acceptors (Lipinski definition) is 2. The highest BCUT2D eigenvalue weighted by Gasteiger charge is 2.32.